The fourth-order valence-electron chi connectivity index (χ4n) is 4.44. The predicted molar refractivity (Wildman–Crippen MR) is 118 cm³/mol. The van der Waals surface area contributed by atoms with Crippen molar-refractivity contribution in [3.05, 3.63) is 72.2 Å². The fourth-order valence-corrected chi connectivity index (χ4v) is 5.09. The fraction of sp³-hybridized carbons (Fsp3) is 0.217. The van der Waals surface area contributed by atoms with Crippen LogP contribution in [0.2, 0.25) is 0 Å². The van der Waals surface area contributed by atoms with Gasteiger partial charge in [-0.2, -0.15) is 0 Å². The Morgan fingerprint density at radius 3 is 2.30 bits per heavy atom. The Labute approximate surface area is 175 Å². The predicted octanol–water partition coefficient (Wildman–Crippen LogP) is 4.08. The molecule has 1 aliphatic rings. The van der Waals surface area contributed by atoms with Crippen molar-refractivity contribution in [2.24, 2.45) is 0 Å². The maximum Gasteiger partial charge on any atom is 0.219 e. The van der Waals surface area contributed by atoms with Gasteiger partial charge >= 0.3 is 0 Å². The number of nitrogens with one attached hydrogen (secondary N) is 1. The largest absolute Gasteiger partial charge is 0.368 e. The van der Waals surface area contributed by atoms with Gasteiger partial charge in [-0.15, -0.1) is 0 Å². The maximum atomic E-state index is 11.9. The highest BCUT2D eigenvalue weighted by Gasteiger charge is 2.41. The van der Waals surface area contributed by atoms with Crippen LogP contribution in [0.1, 0.15) is 30.4 Å². The van der Waals surface area contributed by atoms with Gasteiger partial charge in [-0.3, -0.25) is 0 Å². The van der Waals surface area contributed by atoms with E-state index in [1.807, 2.05) is 12.3 Å². The van der Waals surface area contributed by atoms with Crippen LogP contribution in [-0.2, 0) is 15.3 Å². The van der Waals surface area contributed by atoms with E-state index in [0.29, 0.717) is 4.90 Å². The lowest BCUT2D eigenvalue weighted by Gasteiger charge is -2.43. The minimum atomic E-state index is -3.24. The third-order valence-electron chi connectivity index (χ3n) is 6.25. The number of hydrogen-bond donors (Lipinski definition) is 2. The van der Waals surface area contributed by atoms with Gasteiger partial charge in [-0.1, -0.05) is 36.8 Å². The summed E-state index contributed by atoms with van der Waals surface area (Å²) in [4.78, 5) is 11.8. The molecule has 5 rings (SSSR count). The van der Waals surface area contributed by atoms with Gasteiger partial charge in [-0.05, 0) is 41.7 Å². The number of aromatic amines is 1. The SMILES string of the molecule is CS(=O)(=O)c1ccc2c(C3(c4ccc(-c5cnc(N)nc5)cc4)CCC3)c[nH]c2c1. The topological polar surface area (TPSA) is 102 Å². The first-order chi connectivity index (χ1) is 14.4. The molecule has 1 aliphatic carbocycles. The van der Waals surface area contributed by atoms with E-state index in [4.69, 9.17) is 5.73 Å². The number of benzene rings is 2. The minimum Gasteiger partial charge on any atom is -0.368 e. The van der Waals surface area contributed by atoms with Crippen LogP contribution in [0.5, 0.6) is 0 Å². The monoisotopic (exact) mass is 418 g/mol. The van der Waals surface area contributed by atoms with Gasteiger partial charge in [-0.25, -0.2) is 18.4 Å². The molecule has 30 heavy (non-hydrogen) atoms. The molecule has 0 saturated heterocycles. The Kier molecular flexibility index (Phi) is 4.18. The molecule has 0 spiro atoms. The highest BCUT2D eigenvalue weighted by molar-refractivity contribution is 7.90. The van der Waals surface area contributed by atoms with Gasteiger partial charge in [0, 0.05) is 46.7 Å². The number of sulfone groups is 1. The summed E-state index contributed by atoms with van der Waals surface area (Å²) >= 11 is 0. The van der Waals surface area contributed by atoms with Crippen LogP contribution in [0, 0.1) is 0 Å². The molecular formula is C23H22N4O2S. The second-order valence-electron chi connectivity index (χ2n) is 8.02. The van der Waals surface area contributed by atoms with Crippen molar-refractivity contribution in [2.75, 3.05) is 12.0 Å². The molecule has 0 radical (unpaired) electrons. The quantitative estimate of drug-likeness (QED) is 0.520. The van der Waals surface area contributed by atoms with E-state index in [9.17, 15) is 8.42 Å². The first-order valence-electron chi connectivity index (χ1n) is 9.87. The molecule has 0 bridgehead atoms. The first kappa shape index (κ1) is 18.8. The molecule has 3 N–H and O–H groups in total. The Hall–Kier alpha value is -3.19. The number of anilines is 1. The summed E-state index contributed by atoms with van der Waals surface area (Å²) in [6.07, 6.45) is 10.0. The molecule has 0 unspecified atom stereocenters. The Morgan fingerprint density at radius 2 is 1.70 bits per heavy atom. The lowest BCUT2D eigenvalue weighted by atomic mass is 9.60. The van der Waals surface area contributed by atoms with Gasteiger partial charge < -0.3 is 10.7 Å². The van der Waals surface area contributed by atoms with E-state index in [0.717, 1.165) is 34.9 Å². The third kappa shape index (κ3) is 2.97. The number of hydrogen-bond acceptors (Lipinski definition) is 5. The normalized spacial score (nSPS) is 15.8. The van der Waals surface area contributed by atoms with Crippen molar-refractivity contribution in [3.8, 4) is 11.1 Å². The van der Waals surface area contributed by atoms with Crippen LogP contribution in [0.3, 0.4) is 0 Å². The van der Waals surface area contributed by atoms with Gasteiger partial charge in [0.1, 0.15) is 0 Å². The molecule has 6 nitrogen and oxygen atoms in total. The van der Waals surface area contributed by atoms with Crippen LogP contribution in [0.25, 0.3) is 22.0 Å². The van der Waals surface area contributed by atoms with Gasteiger partial charge in [0.15, 0.2) is 9.84 Å². The maximum absolute atomic E-state index is 11.9. The summed E-state index contributed by atoms with van der Waals surface area (Å²) in [5.41, 5.74) is 10.9. The smallest absolute Gasteiger partial charge is 0.219 e. The average Bonchev–Trinajstić information content (AvgIpc) is 3.11. The van der Waals surface area contributed by atoms with Crippen molar-refractivity contribution in [3.63, 3.8) is 0 Å². The summed E-state index contributed by atoms with van der Waals surface area (Å²) in [5, 5.41) is 1.08. The molecule has 2 heterocycles. The van der Waals surface area contributed by atoms with Crippen LogP contribution < -0.4 is 5.73 Å². The molecule has 2 aromatic carbocycles. The van der Waals surface area contributed by atoms with E-state index in [2.05, 4.69) is 39.2 Å². The second-order valence-corrected chi connectivity index (χ2v) is 10.0. The van der Waals surface area contributed by atoms with Crippen LogP contribution >= 0.6 is 0 Å². The summed E-state index contributed by atoms with van der Waals surface area (Å²) in [5.74, 6) is 0.266. The van der Waals surface area contributed by atoms with Crippen LogP contribution in [0.15, 0.2) is 66.0 Å². The Bertz CT molecular complexity index is 1340. The zero-order chi connectivity index (χ0) is 20.9. The standard InChI is InChI=1S/C23H22N4O2S/c1-30(28,29)18-7-8-19-20(14-25-21(19)11-18)23(9-2-10-23)17-5-3-15(4-6-17)16-12-26-22(24)27-13-16/h3-8,11-14,25H,2,9-10H2,1H3,(H2,24,26,27). The molecular weight excluding hydrogens is 396 g/mol. The molecule has 4 aromatic rings. The number of nitrogens with zero attached hydrogens (tertiary/aromatic N) is 2. The molecule has 1 saturated carbocycles. The summed E-state index contributed by atoms with van der Waals surface area (Å²) in [6, 6.07) is 13.9. The van der Waals surface area contributed by atoms with E-state index >= 15 is 0 Å². The highest BCUT2D eigenvalue weighted by Crippen LogP contribution is 2.51. The van der Waals surface area contributed by atoms with Crippen molar-refractivity contribution in [2.45, 2.75) is 29.6 Å². The Balaban J connectivity index is 1.55. The summed E-state index contributed by atoms with van der Waals surface area (Å²) in [7, 11) is -3.24. The van der Waals surface area contributed by atoms with Gasteiger partial charge in [0.2, 0.25) is 5.95 Å². The first-order valence-corrected chi connectivity index (χ1v) is 11.8. The number of nitrogens with two attached hydrogens (primary N) is 1. The van der Waals surface area contributed by atoms with Crippen LogP contribution in [-0.4, -0.2) is 29.6 Å². The Morgan fingerprint density at radius 1 is 1.00 bits per heavy atom. The average molecular weight is 419 g/mol. The second kappa shape index (κ2) is 6.67. The number of fused-ring (bicyclic) bond motifs is 1. The molecule has 0 amide bonds. The molecule has 0 atom stereocenters. The number of aromatic nitrogens is 3. The summed E-state index contributed by atoms with van der Waals surface area (Å²) in [6.45, 7) is 0. The van der Waals surface area contributed by atoms with E-state index in [-0.39, 0.29) is 11.4 Å². The lowest BCUT2D eigenvalue weighted by Crippen LogP contribution is -2.35. The number of nitrogen functional groups attached to an aromatic ring is 1. The van der Waals surface area contributed by atoms with Gasteiger partial charge in [0.25, 0.3) is 0 Å². The van der Waals surface area contributed by atoms with E-state index < -0.39 is 9.84 Å². The minimum absolute atomic E-state index is 0.0546. The van der Waals surface area contributed by atoms with Crippen molar-refractivity contribution < 1.29 is 8.42 Å². The third-order valence-corrected chi connectivity index (χ3v) is 7.36. The molecule has 0 aliphatic heterocycles. The summed E-state index contributed by atoms with van der Waals surface area (Å²) < 4.78 is 23.8. The zero-order valence-corrected chi connectivity index (χ0v) is 17.4. The number of rotatable bonds is 4. The molecule has 152 valence electrons. The van der Waals surface area contributed by atoms with Crippen LogP contribution in [0.4, 0.5) is 5.95 Å². The molecule has 7 heteroatoms. The van der Waals surface area contributed by atoms with E-state index in [1.165, 1.54) is 23.8 Å². The zero-order valence-electron chi connectivity index (χ0n) is 16.6. The van der Waals surface area contributed by atoms with Crippen molar-refractivity contribution in [1.82, 2.24) is 15.0 Å². The molecule has 1 fully saturated rings. The highest BCUT2D eigenvalue weighted by atomic mass is 32.2. The van der Waals surface area contributed by atoms with Gasteiger partial charge in [0.05, 0.1) is 4.90 Å². The number of H-pyrrole nitrogens is 1. The molecule has 2 aromatic heterocycles. The van der Waals surface area contributed by atoms with Crippen molar-refractivity contribution >= 4 is 26.7 Å². The lowest BCUT2D eigenvalue weighted by molar-refractivity contribution is 0.304. The van der Waals surface area contributed by atoms with E-state index in [1.54, 1.807) is 24.5 Å². The van der Waals surface area contributed by atoms with Crippen molar-refractivity contribution in [1.29, 1.82) is 0 Å².